The second-order valence-electron chi connectivity index (χ2n) is 7.00. The first-order chi connectivity index (χ1) is 11.7. The van der Waals surface area contributed by atoms with E-state index in [1.165, 1.54) is 12.8 Å². The molecule has 1 saturated carbocycles. The molecule has 24 heavy (non-hydrogen) atoms. The molecule has 134 valence electrons. The summed E-state index contributed by atoms with van der Waals surface area (Å²) in [6.45, 7) is 2.09. The number of nitrogens with zero attached hydrogens (tertiary/aromatic N) is 1. The van der Waals surface area contributed by atoms with Crippen molar-refractivity contribution in [2.45, 2.75) is 56.7 Å². The van der Waals surface area contributed by atoms with Gasteiger partial charge in [-0.3, -0.25) is 4.90 Å². The summed E-state index contributed by atoms with van der Waals surface area (Å²) in [5.41, 5.74) is 1.03. The van der Waals surface area contributed by atoms with Crippen molar-refractivity contribution in [2.75, 3.05) is 32.6 Å². The van der Waals surface area contributed by atoms with Gasteiger partial charge in [0, 0.05) is 42.5 Å². The van der Waals surface area contributed by atoms with Gasteiger partial charge in [-0.05, 0) is 32.2 Å². The molecule has 3 unspecified atom stereocenters. The van der Waals surface area contributed by atoms with Gasteiger partial charge < -0.3 is 19.9 Å². The number of hydrogen-bond acceptors (Lipinski definition) is 5. The largest absolute Gasteiger partial charge is 0.497 e. The molecule has 2 N–H and O–H groups in total. The molecule has 0 aromatic heterocycles. The second-order valence-corrected chi connectivity index (χ2v) is 7.00. The summed E-state index contributed by atoms with van der Waals surface area (Å²) in [4.78, 5) is 2.49. The average molecular weight is 334 g/mol. The zero-order valence-electron chi connectivity index (χ0n) is 14.8. The maximum atomic E-state index is 10.3. The summed E-state index contributed by atoms with van der Waals surface area (Å²) in [6, 6.07) is 6.64. The Balaban J connectivity index is 1.65. The molecule has 2 fully saturated rings. The number of methoxy groups -OCH3 is 2. The molecular weight excluding hydrogens is 304 g/mol. The van der Waals surface area contributed by atoms with Crippen LogP contribution in [0.5, 0.6) is 11.5 Å². The summed E-state index contributed by atoms with van der Waals surface area (Å²) in [5, 5.41) is 14.0. The summed E-state index contributed by atoms with van der Waals surface area (Å²) >= 11 is 0. The van der Waals surface area contributed by atoms with Gasteiger partial charge in [0.1, 0.15) is 11.5 Å². The lowest BCUT2D eigenvalue weighted by Crippen LogP contribution is -2.52. The molecule has 0 radical (unpaired) electrons. The molecule has 5 nitrogen and oxygen atoms in total. The maximum Gasteiger partial charge on any atom is 0.124 e. The lowest BCUT2D eigenvalue weighted by molar-refractivity contribution is 0.00922. The first-order valence-corrected chi connectivity index (χ1v) is 9.11. The van der Waals surface area contributed by atoms with E-state index in [4.69, 9.17) is 9.47 Å². The van der Waals surface area contributed by atoms with Crippen LogP contribution >= 0.6 is 0 Å². The second kappa shape index (κ2) is 8.08. The Morgan fingerprint density at radius 1 is 1.00 bits per heavy atom. The van der Waals surface area contributed by atoms with Crippen molar-refractivity contribution in [3.63, 3.8) is 0 Å². The lowest BCUT2D eigenvalue weighted by Gasteiger charge is -2.42. The first-order valence-electron chi connectivity index (χ1n) is 9.11. The number of aliphatic hydroxyl groups is 1. The monoisotopic (exact) mass is 334 g/mol. The van der Waals surface area contributed by atoms with Gasteiger partial charge in [-0.15, -0.1) is 0 Å². The number of anilines is 1. The number of rotatable bonds is 5. The third kappa shape index (κ3) is 4.14. The van der Waals surface area contributed by atoms with Crippen LogP contribution in [-0.2, 0) is 0 Å². The number of hydrogen-bond donors (Lipinski definition) is 2. The van der Waals surface area contributed by atoms with Crippen LogP contribution in [-0.4, -0.2) is 55.5 Å². The highest BCUT2D eigenvalue weighted by molar-refractivity contribution is 5.54. The van der Waals surface area contributed by atoms with E-state index >= 15 is 0 Å². The summed E-state index contributed by atoms with van der Waals surface area (Å²) in [7, 11) is 3.34. The van der Waals surface area contributed by atoms with Crippen LogP contribution in [0, 0.1) is 0 Å². The molecule has 3 rings (SSSR count). The van der Waals surface area contributed by atoms with E-state index in [2.05, 4.69) is 10.2 Å². The van der Waals surface area contributed by atoms with Crippen molar-refractivity contribution in [3.8, 4) is 11.5 Å². The normalized spacial score (nSPS) is 28.4. The quantitative estimate of drug-likeness (QED) is 0.867. The fraction of sp³-hybridized carbons (Fsp3) is 0.684. The Kier molecular flexibility index (Phi) is 5.85. The molecule has 1 aliphatic carbocycles. The van der Waals surface area contributed by atoms with E-state index in [1.54, 1.807) is 14.2 Å². The number of nitrogens with one attached hydrogen (secondary N) is 1. The maximum absolute atomic E-state index is 10.3. The number of likely N-dealkylation sites (tertiary alicyclic amines) is 1. The van der Waals surface area contributed by atoms with Gasteiger partial charge in [-0.2, -0.15) is 0 Å². The zero-order chi connectivity index (χ0) is 16.9. The van der Waals surface area contributed by atoms with E-state index in [1.807, 2.05) is 18.2 Å². The Morgan fingerprint density at radius 2 is 1.71 bits per heavy atom. The molecule has 0 spiro atoms. The topological polar surface area (TPSA) is 54.0 Å². The summed E-state index contributed by atoms with van der Waals surface area (Å²) in [5.74, 6) is 1.60. The van der Waals surface area contributed by atoms with Gasteiger partial charge in [0.25, 0.3) is 0 Å². The molecule has 2 aliphatic rings. The highest BCUT2D eigenvalue weighted by atomic mass is 16.5. The van der Waals surface area contributed by atoms with Crippen LogP contribution in [0.15, 0.2) is 18.2 Å². The Labute approximate surface area is 144 Å². The third-order valence-electron chi connectivity index (χ3n) is 5.34. The van der Waals surface area contributed by atoms with E-state index in [0.717, 1.165) is 56.0 Å². The summed E-state index contributed by atoms with van der Waals surface area (Å²) < 4.78 is 10.7. The minimum Gasteiger partial charge on any atom is -0.497 e. The molecule has 1 saturated heterocycles. The predicted octanol–water partition coefficient (Wildman–Crippen LogP) is 2.88. The number of benzene rings is 1. The van der Waals surface area contributed by atoms with Crippen LogP contribution in [0.25, 0.3) is 0 Å². The van der Waals surface area contributed by atoms with Crippen LogP contribution in [0.3, 0.4) is 0 Å². The van der Waals surface area contributed by atoms with E-state index in [0.29, 0.717) is 12.1 Å². The molecular formula is C19H30N2O3. The van der Waals surface area contributed by atoms with Gasteiger partial charge in [0.15, 0.2) is 0 Å². The van der Waals surface area contributed by atoms with Crippen LogP contribution in [0.2, 0.25) is 0 Å². The number of ether oxygens (including phenoxy) is 2. The standard InChI is InChI=1S/C19H30N2O3/c1-23-16-10-15(11-17(12-16)24-2)20-14-6-5-9-21(13-14)18-7-3-4-8-19(18)22/h10-12,14,18-20,22H,3-9,13H2,1-2H3. The van der Waals surface area contributed by atoms with E-state index in [9.17, 15) is 5.11 Å². The number of piperidine rings is 1. The van der Waals surface area contributed by atoms with Crippen LogP contribution in [0.4, 0.5) is 5.69 Å². The Bertz CT molecular complexity index is 515. The molecule has 1 heterocycles. The van der Waals surface area contributed by atoms with Crippen molar-refractivity contribution in [3.05, 3.63) is 18.2 Å². The van der Waals surface area contributed by atoms with Gasteiger partial charge in [0.2, 0.25) is 0 Å². The summed E-state index contributed by atoms with van der Waals surface area (Å²) in [6.07, 6.45) is 6.64. The van der Waals surface area contributed by atoms with Crippen LogP contribution < -0.4 is 14.8 Å². The molecule has 0 bridgehead atoms. The first kappa shape index (κ1) is 17.4. The SMILES string of the molecule is COc1cc(NC2CCCN(C3CCCCC3O)C2)cc(OC)c1. The van der Waals surface area contributed by atoms with Crippen molar-refractivity contribution < 1.29 is 14.6 Å². The van der Waals surface area contributed by atoms with Gasteiger partial charge in [0.05, 0.1) is 20.3 Å². The van der Waals surface area contributed by atoms with Crippen molar-refractivity contribution in [2.24, 2.45) is 0 Å². The lowest BCUT2D eigenvalue weighted by atomic mass is 9.89. The third-order valence-corrected chi connectivity index (χ3v) is 5.34. The smallest absolute Gasteiger partial charge is 0.124 e. The van der Waals surface area contributed by atoms with Crippen LogP contribution in [0.1, 0.15) is 38.5 Å². The van der Waals surface area contributed by atoms with E-state index < -0.39 is 0 Å². The van der Waals surface area contributed by atoms with Gasteiger partial charge >= 0.3 is 0 Å². The molecule has 0 amide bonds. The van der Waals surface area contributed by atoms with Crippen molar-refractivity contribution in [1.29, 1.82) is 0 Å². The highest BCUT2D eigenvalue weighted by Gasteiger charge is 2.32. The van der Waals surface area contributed by atoms with E-state index in [-0.39, 0.29) is 6.10 Å². The fourth-order valence-electron chi connectivity index (χ4n) is 4.07. The Morgan fingerprint density at radius 3 is 2.38 bits per heavy atom. The Hall–Kier alpha value is -1.46. The fourth-order valence-corrected chi connectivity index (χ4v) is 4.07. The van der Waals surface area contributed by atoms with Gasteiger partial charge in [-0.1, -0.05) is 12.8 Å². The highest BCUT2D eigenvalue weighted by Crippen LogP contribution is 2.29. The zero-order valence-corrected chi connectivity index (χ0v) is 14.8. The number of aliphatic hydroxyl groups excluding tert-OH is 1. The molecule has 3 atom stereocenters. The molecule has 1 aromatic rings. The minimum atomic E-state index is -0.158. The predicted molar refractivity (Wildman–Crippen MR) is 96.0 cm³/mol. The molecule has 1 aromatic carbocycles. The average Bonchev–Trinajstić information content (AvgIpc) is 2.62. The van der Waals surface area contributed by atoms with Crippen molar-refractivity contribution in [1.82, 2.24) is 4.90 Å². The van der Waals surface area contributed by atoms with Gasteiger partial charge in [-0.25, -0.2) is 0 Å². The molecule has 1 aliphatic heterocycles. The molecule has 5 heteroatoms. The van der Waals surface area contributed by atoms with Crippen molar-refractivity contribution >= 4 is 5.69 Å². The minimum absolute atomic E-state index is 0.158.